The van der Waals surface area contributed by atoms with Gasteiger partial charge in [0.2, 0.25) is 11.8 Å². The number of ether oxygens (including phenoxy) is 2. The van der Waals surface area contributed by atoms with Crippen molar-refractivity contribution in [1.82, 2.24) is 14.9 Å². The van der Waals surface area contributed by atoms with E-state index in [9.17, 15) is 4.79 Å². The maximum Gasteiger partial charge on any atom is 0.255 e. The van der Waals surface area contributed by atoms with Crippen molar-refractivity contribution in [2.75, 3.05) is 20.2 Å². The van der Waals surface area contributed by atoms with Crippen molar-refractivity contribution in [3.8, 4) is 11.8 Å². The Balaban J connectivity index is 1.68. The Labute approximate surface area is 148 Å². The van der Waals surface area contributed by atoms with Crippen LogP contribution >= 0.6 is 15.9 Å². The molecular weight excluding hydrogens is 374 g/mol. The maximum atomic E-state index is 12.7. The lowest BCUT2D eigenvalue weighted by Gasteiger charge is -2.32. The topological polar surface area (TPSA) is 64.6 Å². The molecule has 1 aliphatic rings. The molecule has 0 aliphatic carbocycles. The maximum absolute atomic E-state index is 12.7. The number of hydrogen-bond acceptors (Lipinski definition) is 5. The molecule has 24 heavy (non-hydrogen) atoms. The van der Waals surface area contributed by atoms with Crippen LogP contribution in [0.1, 0.15) is 23.2 Å². The molecule has 1 atom stereocenters. The Morgan fingerprint density at radius 3 is 2.88 bits per heavy atom. The molecule has 0 radical (unpaired) electrons. The van der Waals surface area contributed by atoms with E-state index in [0.29, 0.717) is 23.9 Å². The molecule has 1 aliphatic heterocycles. The van der Waals surface area contributed by atoms with E-state index in [1.54, 1.807) is 6.20 Å². The smallest absolute Gasteiger partial charge is 0.255 e. The number of methoxy groups -OCH3 is 1. The highest BCUT2D eigenvalue weighted by atomic mass is 79.9. The summed E-state index contributed by atoms with van der Waals surface area (Å²) in [7, 11) is 1.53. The zero-order valence-electron chi connectivity index (χ0n) is 13.3. The third-order valence-corrected chi connectivity index (χ3v) is 4.55. The highest BCUT2D eigenvalue weighted by Crippen LogP contribution is 2.22. The first-order valence-electron chi connectivity index (χ1n) is 7.74. The van der Waals surface area contributed by atoms with E-state index in [4.69, 9.17) is 9.47 Å². The molecule has 0 saturated carbocycles. The first-order chi connectivity index (χ1) is 11.7. The largest absolute Gasteiger partial charge is 0.480 e. The fourth-order valence-corrected chi connectivity index (χ4v) is 3.14. The molecule has 1 aromatic carbocycles. The first-order valence-corrected chi connectivity index (χ1v) is 8.53. The number of rotatable bonds is 4. The van der Waals surface area contributed by atoms with Crippen LogP contribution in [0, 0.1) is 0 Å². The van der Waals surface area contributed by atoms with E-state index in [-0.39, 0.29) is 12.0 Å². The number of carbonyl (C=O) groups is 1. The van der Waals surface area contributed by atoms with E-state index >= 15 is 0 Å². The Hall–Kier alpha value is -2.15. The second-order valence-corrected chi connectivity index (χ2v) is 6.37. The van der Waals surface area contributed by atoms with Gasteiger partial charge in [-0.3, -0.25) is 9.78 Å². The monoisotopic (exact) mass is 391 g/mol. The van der Waals surface area contributed by atoms with Gasteiger partial charge in [0.1, 0.15) is 6.10 Å². The number of carbonyl (C=O) groups excluding carboxylic acids is 1. The minimum atomic E-state index is -0.105. The predicted molar refractivity (Wildman–Crippen MR) is 92.3 cm³/mol. The summed E-state index contributed by atoms with van der Waals surface area (Å²) < 4.78 is 11.7. The number of halogens is 1. The molecule has 1 unspecified atom stereocenters. The van der Waals surface area contributed by atoms with Gasteiger partial charge in [0.05, 0.1) is 31.6 Å². The molecule has 3 rings (SSSR count). The normalized spacial score (nSPS) is 17.4. The molecule has 0 bridgehead atoms. The number of hydrogen-bond donors (Lipinski definition) is 0. The summed E-state index contributed by atoms with van der Waals surface area (Å²) in [6, 6.07) is 7.45. The molecule has 1 aromatic heterocycles. The molecule has 1 saturated heterocycles. The Morgan fingerprint density at radius 2 is 2.08 bits per heavy atom. The summed E-state index contributed by atoms with van der Waals surface area (Å²) >= 11 is 3.44. The first kappa shape index (κ1) is 16.7. The van der Waals surface area contributed by atoms with Gasteiger partial charge in [-0.15, -0.1) is 0 Å². The third-order valence-electron chi connectivity index (χ3n) is 3.86. The van der Waals surface area contributed by atoms with Crippen LogP contribution in [0.25, 0.3) is 0 Å². The van der Waals surface area contributed by atoms with Gasteiger partial charge in [0.25, 0.3) is 5.91 Å². The highest BCUT2D eigenvalue weighted by Gasteiger charge is 2.27. The van der Waals surface area contributed by atoms with Crippen molar-refractivity contribution < 1.29 is 14.3 Å². The summed E-state index contributed by atoms with van der Waals surface area (Å²) in [6.07, 6.45) is 4.73. The van der Waals surface area contributed by atoms with E-state index in [1.165, 1.54) is 13.3 Å². The van der Waals surface area contributed by atoms with Crippen molar-refractivity contribution in [3.63, 3.8) is 0 Å². The molecule has 0 spiro atoms. The van der Waals surface area contributed by atoms with Crippen molar-refractivity contribution in [2.24, 2.45) is 0 Å². The lowest BCUT2D eigenvalue weighted by molar-refractivity contribution is 0.0524. The van der Waals surface area contributed by atoms with E-state index < -0.39 is 0 Å². The van der Waals surface area contributed by atoms with Gasteiger partial charge in [0.15, 0.2) is 0 Å². The van der Waals surface area contributed by atoms with Crippen LogP contribution in [-0.2, 0) is 0 Å². The van der Waals surface area contributed by atoms with Crippen molar-refractivity contribution in [3.05, 3.63) is 46.7 Å². The quantitative estimate of drug-likeness (QED) is 0.801. The molecule has 126 valence electrons. The molecular formula is C17H18BrN3O3. The van der Waals surface area contributed by atoms with E-state index in [2.05, 4.69) is 25.9 Å². The van der Waals surface area contributed by atoms with Gasteiger partial charge in [-0.25, -0.2) is 0 Å². The summed E-state index contributed by atoms with van der Waals surface area (Å²) in [4.78, 5) is 22.8. The van der Waals surface area contributed by atoms with Gasteiger partial charge >= 0.3 is 0 Å². The molecule has 2 heterocycles. The minimum absolute atomic E-state index is 0.00695. The SMILES string of the molecule is COc1cncc(OC2CCCN(C(=O)c3ccccc3Br)C2)n1. The second-order valence-electron chi connectivity index (χ2n) is 5.51. The summed E-state index contributed by atoms with van der Waals surface area (Å²) in [5, 5.41) is 0. The van der Waals surface area contributed by atoms with Gasteiger partial charge in [0, 0.05) is 11.0 Å². The Bertz CT molecular complexity index is 726. The van der Waals surface area contributed by atoms with Crippen molar-refractivity contribution in [1.29, 1.82) is 0 Å². The zero-order chi connectivity index (χ0) is 16.9. The second kappa shape index (κ2) is 7.61. The predicted octanol–water partition coefficient (Wildman–Crippen LogP) is 2.93. The summed E-state index contributed by atoms with van der Waals surface area (Å²) in [5.41, 5.74) is 0.666. The zero-order valence-corrected chi connectivity index (χ0v) is 14.9. The van der Waals surface area contributed by atoms with E-state index in [1.807, 2.05) is 29.2 Å². The molecule has 1 fully saturated rings. The molecule has 2 aromatic rings. The average Bonchev–Trinajstić information content (AvgIpc) is 2.62. The highest BCUT2D eigenvalue weighted by molar-refractivity contribution is 9.10. The molecule has 0 N–H and O–H groups in total. The fraction of sp³-hybridized carbons (Fsp3) is 0.353. The van der Waals surface area contributed by atoms with Gasteiger partial charge < -0.3 is 14.4 Å². The van der Waals surface area contributed by atoms with Gasteiger partial charge in [-0.05, 0) is 40.9 Å². The van der Waals surface area contributed by atoms with Crippen LogP contribution in [0.3, 0.4) is 0 Å². The van der Waals surface area contributed by atoms with Crippen LogP contribution in [0.5, 0.6) is 11.8 Å². The molecule has 7 heteroatoms. The van der Waals surface area contributed by atoms with Crippen LogP contribution < -0.4 is 9.47 Å². The summed E-state index contributed by atoms with van der Waals surface area (Å²) in [5.74, 6) is 0.825. The number of benzene rings is 1. The number of nitrogens with zero attached hydrogens (tertiary/aromatic N) is 3. The number of aromatic nitrogens is 2. The molecule has 1 amide bonds. The van der Waals surface area contributed by atoms with Crippen LogP contribution in [0.15, 0.2) is 41.1 Å². The third kappa shape index (κ3) is 3.84. The van der Waals surface area contributed by atoms with Gasteiger partial charge in [-0.1, -0.05) is 12.1 Å². The Morgan fingerprint density at radius 1 is 1.29 bits per heavy atom. The van der Waals surface area contributed by atoms with Crippen LogP contribution in [0.4, 0.5) is 0 Å². The van der Waals surface area contributed by atoms with Crippen LogP contribution in [-0.4, -0.2) is 47.1 Å². The van der Waals surface area contributed by atoms with Crippen molar-refractivity contribution >= 4 is 21.8 Å². The average molecular weight is 392 g/mol. The lowest BCUT2D eigenvalue weighted by Crippen LogP contribution is -2.44. The number of amides is 1. The van der Waals surface area contributed by atoms with Crippen molar-refractivity contribution in [2.45, 2.75) is 18.9 Å². The summed E-state index contributed by atoms with van der Waals surface area (Å²) in [6.45, 7) is 1.25. The lowest BCUT2D eigenvalue weighted by atomic mass is 10.1. The molecule has 6 nitrogen and oxygen atoms in total. The fourth-order valence-electron chi connectivity index (χ4n) is 2.68. The van der Waals surface area contributed by atoms with Gasteiger partial charge in [-0.2, -0.15) is 4.98 Å². The minimum Gasteiger partial charge on any atom is -0.480 e. The standard InChI is InChI=1S/C17H18BrN3O3/c1-23-15-9-19-10-16(20-15)24-12-5-4-8-21(11-12)17(22)13-6-2-3-7-14(13)18/h2-3,6-7,9-10,12H,4-5,8,11H2,1H3. The number of piperidine rings is 1. The van der Waals surface area contributed by atoms with Crippen LogP contribution in [0.2, 0.25) is 0 Å². The Kier molecular flexibility index (Phi) is 5.30. The number of likely N-dealkylation sites (tertiary alicyclic amines) is 1. The van der Waals surface area contributed by atoms with E-state index in [0.717, 1.165) is 23.9 Å².